The SMILES string of the molecule is CN(CCCCCO)c1nnc2ccccc2n1. The van der Waals surface area contributed by atoms with Crippen LogP contribution in [0.3, 0.4) is 0 Å². The third-order valence-electron chi connectivity index (χ3n) is 2.84. The first-order chi connectivity index (χ1) is 8.81. The maximum Gasteiger partial charge on any atom is 0.245 e. The first-order valence-corrected chi connectivity index (χ1v) is 6.23. The van der Waals surface area contributed by atoms with Gasteiger partial charge in [-0.2, -0.15) is 0 Å². The molecule has 18 heavy (non-hydrogen) atoms. The van der Waals surface area contributed by atoms with Gasteiger partial charge in [-0.15, -0.1) is 10.2 Å². The second-order valence-electron chi connectivity index (χ2n) is 4.31. The Morgan fingerprint density at radius 1 is 1.06 bits per heavy atom. The fourth-order valence-electron chi connectivity index (χ4n) is 1.77. The van der Waals surface area contributed by atoms with Crippen molar-refractivity contribution in [1.82, 2.24) is 15.2 Å². The molecule has 0 radical (unpaired) electrons. The average Bonchev–Trinajstić information content (AvgIpc) is 2.43. The van der Waals surface area contributed by atoms with E-state index in [-0.39, 0.29) is 6.61 Å². The standard InChI is InChI=1S/C13H18N4O/c1-17(9-5-2-6-10-18)13-14-11-7-3-4-8-12(11)15-16-13/h3-4,7-8,18H,2,5-6,9-10H2,1H3. The van der Waals surface area contributed by atoms with Crippen LogP contribution in [0.25, 0.3) is 11.0 Å². The topological polar surface area (TPSA) is 62.1 Å². The number of anilines is 1. The number of para-hydroxylation sites is 1. The molecule has 5 heteroatoms. The first kappa shape index (κ1) is 12.7. The Morgan fingerprint density at radius 3 is 2.61 bits per heavy atom. The second-order valence-corrected chi connectivity index (χ2v) is 4.31. The zero-order valence-corrected chi connectivity index (χ0v) is 10.6. The summed E-state index contributed by atoms with van der Waals surface area (Å²) >= 11 is 0. The number of rotatable bonds is 6. The molecule has 0 atom stereocenters. The van der Waals surface area contributed by atoms with Crippen LogP contribution in [0.5, 0.6) is 0 Å². The van der Waals surface area contributed by atoms with Crippen molar-refractivity contribution in [3.05, 3.63) is 24.3 Å². The molecular formula is C13H18N4O. The van der Waals surface area contributed by atoms with E-state index < -0.39 is 0 Å². The lowest BCUT2D eigenvalue weighted by atomic mass is 10.2. The number of aliphatic hydroxyl groups is 1. The minimum absolute atomic E-state index is 0.262. The Morgan fingerprint density at radius 2 is 1.83 bits per heavy atom. The Balaban J connectivity index is 2.01. The normalized spacial score (nSPS) is 10.8. The number of aliphatic hydroxyl groups excluding tert-OH is 1. The zero-order chi connectivity index (χ0) is 12.8. The molecule has 1 N–H and O–H groups in total. The Bertz CT molecular complexity index is 503. The van der Waals surface area contributed by atoms with E-state index in [1.54, 1.807) is 0 Å². The molecule has 1 aromatic heterocycles. The van der Waals surface area contributed by atoms with E-state index in [1.807, 2.05) is 36.2 Å². The van der Waals surface area contributed by atoms with Crippen molar-refractivity contribution in [2.45, 2.75) is 19.3 Å². The van der Waals surface area contributed by atoms with Gasteiger partial charge >= 0.3 is 0 Å². The highest BCUT2D eigenvalue weighted by Gasteiger charge is 2.06. The molecule has 1 heterocycles. The van der Waals surface area contributed by atoms with Crippen LogP contribution in [0, 0.1) is 0 Å². The molecule has 0 aliphatic rings. The lowest BCUT2D eigenvalue weighted by molar-refractivity contribution is 0.283. The van der Waals surface area contributed by atoms with Crippen molar-refractivity contribution in [3.8, 4) is 0 Å². The summed E-state index contributed by atoms with van der Waals surface area (Å²) in [5.74, 6) is 0.651. The van der Waals surface area contributed by atoms with E-state index in [4.69, 9.17) is 5.11 Å². The van der Waals surface area contributed by atoms with E-state index in [0.717, 1.165) is 36.8 Å². The minimum atomic E-state index is 0.262. The highest BCUT2D eigenvalue weighted by atomic mass is 16.2. The number of hydrogen-bond donors (Lipinski definition) is 1. The van der Waals surface area contributed by atoms with E-state index >= 15 is 0 Å². The van der Waals surface area contributed by atoms with Crippen LogP contribution < -0.4 is 4.90 Å². The van der Waals surface area contributed by atoms with Crippen LogP contribution in [0.2, 0.25) is 0 Å². The molecule has 2 aromatic rings. The predicted molar refractivity (Wildman–Crippen MR) is 71.5 cm³/mol. The summed E-state index contributed by atoms with van der Waals surface area (Å²) in [6.45, 7) is 1.14. The molecule has 1 aromatic carbocycles. The number of nitrogens with zero attached hydrogens (tertiary/aromatic N) is 4. The first-order valence-electron chi connectivity index (χ1n) is 6.23. The van der Waals surface area contributed by atoms with Gasteiger partial charge in [0.1, 0.15) is 5.52 Å². The van der Waals surface area contributed by atoms with Gasteiger partial charge in [-0.3, -0.25) is 0 Å². The average molecular weight is 246 g/mol. The Labute approximate surface area is 106 Å². The van der Waals surface area contributed by atoms with Crippen LogP contribution in [0.15, 0.2) is 24.3 Å². The van der Waals surface area contributed by atoms with Crippen molar-refractivity contribution in [2.24, 2.45) is 0 Å². The monoisotopic (exact) mass is 246 g/mol. The molecule has 0 unspecified atom stereocenters. The third kappa shape index (κ3) is 3.13. The van der Waals surface area contributed by atoms with Crippen LogP contribution in [0.1, 0.15) is 19.3 Å². The fraction of sp³-hybridized carbons (Fsp3) is 0.462. The third-order valence-corrected chi connectivity index (χ3v) is 2.84. The van der Waals surface area contributed by atoms with Gasteiger partial charge in [0.05, 0.1) is 5.52 Å². The number of hydrogen-bond acceptors (Lipinski definition) is 5. The van der Waals surface area contributed by atoms with Gasteiger partial charge in [0, 0.05) is 20.2 Å². The number of aromatic nitrogens is 3. The highest BCUT2D eigenvalue weighted by Crippen LogP contribution is 2.11. The van der Waals surface area contributed by atoms with Crippen LogP contribution >= 0.6 is 0 Å². The molecule has 0 saturated carbocycles. The lowest BCUT2D eigenvalue weighted by Crippen LogP contribution is -2.21. The summed E-state index contributed by atoms with van der Waals surface area (Å²) in [5.41, 5.74) is 1.68. The molecule has 2 rings (SSSR count). The molecule has 0 spiro atoms. The zero-order valence-electron chi connectivity index (χ0n) is 10.6. The van der Waals surface area contributed by atoms with Gasteiger partial charge < -0.3 is 10.0 Å². The van der Waals surface area contributed by atoms with E-state index in [9.17, 15) is 0 Å². The maximum absolute atomic E-state index is 8.72. The Hall–Kier alpha value is -1.75. The second kappa shape index (κ2) is 6.26. The van der Waals surface area contributed by atoms with Crippen molar-refractivity contribution in [1.29, 1.82) is 0 Å². The largest absolute Gasteiger partial charge is 0.396 e. The number of unbranched alkanes of at least 4 members (excludes halogenated alkanes) is 2. The summed E-state index contributed by atoms with van der Waals surface area (Å²) in [6.07, 6.45) is 2.89. The molecule has 96 valence electrons. The molecule has 0 saturated heterocycles. The predicted octanol–water partition coefficient (Wildman–Crippen LogP) is 1.62. The lowest BCUT2D eigenvalue weighted by Gasteiger charge is -2.16. The molecule has 0 fully saturated rings. The van der Waals surface area contributed by atoms with E-state index in [0.29, 0.717) is 5.95 Å². The van der Waals surface area contributed by atoms with Gasteiger partial charge in [-0.25, -0.2) is 4.98 Å². The molecule has 0 amide bonds. The van der Waals surface area contributed by atoms with Crippen LogP contribution in [-0.4, -0.2) is 40.5 Å². The maximum atomic E-state index is 8.72. The summed E-state index contributed by atoms with van der Waals surface area (Å²) < 4.78 is 0. The van der Waals surface area contributed by atoms with Gasteiger partial charge in [0.2, 0.25) is 5.95 Å². The van der Waals surface area contributed by atoms with Crippen LogP contribution in [-0.2, 0) is 0 Å². The summed E-state index contributed by atoms with van der Waals surface area (Å²) in [4.78, 5) is 6.47. The molecule has 0 bridgehead atoms. The smallest absolute Gasteiger partial charge is 0.245 e. The van der Waals surface area contributed by atoms with Crippen molar-refractivity contribution in [3.63, 3.8) is 0 Å². The fourth-order valence-corrected chi connectivity index (χ4v) is 1.77. The van der Waals surface area contributed by atoms with Gasteiger partial charge in [0.25, 0.3) is 0 Å². The molecular weight excluding hydrogens is 228 g/mol. The van der Waals surface area contributed by atoms with Crippen molar-refractivity contribution >= 4 is 17.0 Å². The number of fused-ring (bicyclic) bond motifs is 1. The molecule has 0 aliphatic heterocycles. The van der Waals surface area contributed by atoms with Gasteiger partial charge in [-0.1, -0.05) is 12.1 Å². The van der Waals surface area contributed by atoms with Gasteiger partial charge in [-0.05, 0) is 31.4 Å². The molecule has 0 aliphatic carbocycles. The minimum Gasteiger partial charge on any atom is -0.396 e. The highest BCUT2D eigenvalue weighted by molar-refractivity contribution is 5.74. The summed E-state index contributed by atoms with van der Waals surface area (Å²) in [7, 11) is 1.96. The van der Waals surface area contributed by atoms with Crippen molar-refractivity contribution < 1.29 is 5.11 Å². The van der Waals surface area contributed by atoms with Crippen LogP contribution in [0.4, 0.5) is 5.95 Å². The molecule has 5 nitrogen and oxygen atoms in total. The quantitative estimate of drug-likeness (QED) is 0.785. The van der Waals surface area contributed by atoms with E-state index in [1.165, 1.54) is 0 Å². The Kier molecular flexibility index (Phi) is 4.41. The van der Waals surface area contributed by atoms with E-state index in [2.05, 4.69) is 15.2 Å². The number of benzene rings is 1. The van der Waals surface area contributed by atoms with Gasteiger partial charge in [0.15, 0.2) is 0 Å². The van der Waals surface area contributed by atoms with Crippen molar-refractivity contribution in [2.75, 3.05) is 25.1 Å². The summed E-state index contributed by atoms with van der Waals surface area (Å²) in [6, 6.07) is 7.71. The summed E-state index contributed by atoms with van der Waals surface area (Å²) in [5, 5.41) is 17.0.